The second-order valence-electron chi connectivity index (χ2n) is 4.81. The van der Waals surface area contributed by atoms with Crippen molar-refractivity contribution in [2.45, 2.75) is 17.9 Å². The number of aryl methyl sites for hydroxylation is 1. The Morgan fingerprint density at radius 1 is 1.24 bits per heavy atom. The molecule has 0 aliphatic rings. The van der Waals surface area contributed by atoms with Crippen molar-refractivity contribution < 1.29 is 9.13 Å². The topological polar surface area (TPSA) is 21.3 Å². The van der Waals surface area contributed by atoms with Gasteiger partial charge < -0.3 is 10.1 Å². The highest BCUT2D eigenvalue weighted by atomic mass is 32.2. The summed E-state index contributed by atoms with van der Waals surface area (Å²) < 4.78 is 18.9. The first-order valence-corrected chi connectivity index (χ1v) is 7.83. The van der Waals surface area contributed by atoms with Gasteiger partial charge in [-0.1, -0.05) is 18.2 Å². The van der Waals surface area contributed by atoms with Crippen molar-refractivity contribution >= 4 is 11.8 Å². The number of rotatable bonds is 6. The molecule has 1 unspecified atom stereocenters. The predicted molar refractivity (Wildman–Crippen MR) is 86.7 cm³/mol. The maximum atomic E-state index is 13.7. The Morgan fingerprint density at radius 3 is 2.62 bits per heavy atom. The molecule has 2 rings (SSSR count). The molecule has 112 valence electrons. The zero-order valence-corrected chi connectivity index (χ0v) is 13.3. The van der Waals surface area contributed by atoms with E-state index in [4.69, 9.17) is 4.74 Å². The zero-order valence-electron chi connectivity index (χ0n) is 12.5. The van der Waals surface area contributed by atoms with Gasteiger partial charge in [-0.15, -0.1) is 11.8 Å². The van der Waals surface area contributed by atoms with E-state index < -0.39 is 0 Å². The van der Waals surface area contributed by atoms with E-state index in [1.807, 2.05) is 31.3 Å². The standard InChI is InChI=1S/C17H20FNOS/c1-12-10-13(20-3)8-9-14(12)16(19-2)11-21-17-7-5-4-6-15(17)18/h4-10,16,19H,11H2,1-3H3. The fourth-order valence-electron chi connectivity index (χ4n) is 2.23. The van der Waals surface area contributed by atoms with E-state index >= 15 is 0 Å². The molecule has 21 heavy (non-hydrogen) atoms. The second-order valence-corrected chi connectivity index (χ2v) is 5.87. The normalized spacial score (nSPS) is 12.2. The minimum atomic E-state index is -0.163. The van der Waals surface area contributed by atoms with Crippen LogP contribution < -0.4 is 10.1 Å². The molecule has 0 bridgehead atoms. The SMILES string of the molecule is CNC(CSc1ccccc1F)c1ccc(OC)cc1C. The molecular formula is C17H20FNOS. The van der Waals surface area contributed by atoms with Crippen LogP contribution in [0.25, 0.3) is 0 Å². The third-order valence-corrected chi connectivity index (χ3v) is 4.59. The maximum absolute atomic E-state index is 13.7. The van der Waals surface area contributed by atoms with Crippen LogP contribution in [-0.4, -0.2) is 19.9 Å². The van der Waals surface area contributed by atoms with Gasteiger partial charge in [0.2, 0.25) is 0 Å². The van der Waals surface area contributed by atoms with Crippen molar-refractivity contribution in [1.29, 1.82) is 0 Å². The number of hydrogen-bond acceptors (Lipinski definition) is 3. The summed E-state index contributed by atoms with van der Waals surface area (Å²) in [5, 5.41) is 3.30. The number of hydrogen-bond donors (Lipinski definition) is 1. The number of methoxy groups -OCH3 is 1. The van der Waals surface area contributed by atoms with E-state index in [1.165, 1.54) is 29.0 Å². The molecule has 0 heterocycles. The molecule has 1 N–H and O–H groups in total. The molecule has 4 heteroatoms. The number of ether oxygens (including phenoxy) is 1. The Bertz CT molecular complexity index is 603. The van der Waals surface area contributed by atoms with Crippen molar-refractivity contribution in [2.24, 2.45) is 0 Å². The van der Waals surface area contributed by atoms with Crippen LogP contribution in [0.3, 0.4) is 0 Å². The molecule has 0 saturated carbocycles. The molecule has 0 saturated heterocycles. The predicted octanol–water partition coefficient (Wildman–Crippen LogP) is 4.20. The average Bonchev–Trinajstić information content (AvgIpc) is 2.50. The summed E-state index contributed by atoms with van der Waals surface area (Å²) >= 11 is 1.52. The van der Waals surface area contributed by atoms with E-state index in [1.54, 1.807) is 13.2 Å². The van der Waals surface area contributed by atoms with E-state index in [0.717, 1.165) is 11.5 Å². The van der Waals surface area contributed by atoms with Crippen molar-refractivity contribution in [3.05, 3.63) is 59.4 Å². The van der Waals surface area contributed by atoms with Crippen LogP contribution in [0.15, 0.2) is 47.4 Å². The fraction of sp³-hybridized carbons (Fsp3) is 0.294. The summed E-state index contributed by atoms with van der Waals surface area (Å²) in [5.41, 5.74) is 2.38. The first kappa shape index (κ1) is 15.9. The van der Waals surface area contributed by atoms with Crippen molar-refractivity contribution in [3.8, 4) is 5.75 Å². The van der Waals surface area contributed by atoms with E-state index in [-0.39, 0.29) is 11.9 Å². The molecule has 0 aliphatic heterocycles. The minimum Gasteiger partial charge on any atom is -0.497 e. The number of halogens is 1. The van der Waals surface area contributed by atoms with Gasteiger partial charge in [-0.25, -0.2) is 4.39 Å². The van der Waals surface area contributed by atoms with Gasteiger partial charge in [-0.3, -0.25) is 0 Å². The fourth-order valence-corrected chi connectivity index (χ4v) is 3.30. The van der Waals surface area contributed by atoms with Crippen LogP contribution in [0.1, 0.15) is 17.2 Å². The smallest absolute Gasteiger partial charge is 0.136 e. The molecule has 0 spiro atoms. The quantitative estimate of drug-likeness (QED) is 0.808. The van der Waals surface area contributed by atoms with Crippen LogP contribution in [-0.2, 0) is 0 Å². The summed E-state index contributed by atoms with van der Waals surface area (Å²) in [5.74, 6) is 1.46. The first-order chi connectivity index (χ1) is 10.2. The Balaban J connectivity index is 2.11. The number of nitrogens with one attached hydrogen (secondary N) is 1. The molecule has 2 aromatic rings. The molecule has 1 atom stereocenters. The average molecular weight is 305 g/mol. The van der Waals surface area contributed by atoms with Gasteiger partial charge in [-0.05, 0) is 49.4 Å². The van der Waals surface area contributed by atoms with Gasteiger partial charge in [0.25, 0.3) is 0 Å². The largest absolute Gasteiger partial charge is 0.497 e. The van der Waals surface area contributed by atoms with Gasteiger partial charge in [0.1, 0.15) is 11.6 Å². The monoisotopic (exact) mass is 305 g/mol. The Kier molecular flexibility index (Phi) is 5.65. The van der Waals surface area contributed by atoms with Crippen LogP contribution in [0.2, 0.25) is 0 Å². The minimum absolute atomic E-state index is 0.163. The van der Waals surface area contributed by atoms with E-state index in [0.29, 0.717) is 4.90 Å². The Labute approximate surface area is 129 Å². The lowest BCUT2D eigenvalue weighted by Crippen LogP contribution is -2.19. The summed E-state index contributed by atoms with van der Waals surface area (Å²) in [4.78, 5) is 0.684. The van der Waals surface area contributed by atoms with E-state index in [2.05, 4.69) is 18.3 Å². The molecule has 0 fully saturated rings. The lowest BCUT2D eigenvalue weighted by molar-refractivity contribution is 0.414. The number of benzene rings is 2. The highest BCUT2D eigenvalue weighted by Gasteiger charge is 2.14. The third kappa shape index (κ3) is 3.99. The zero-order chi connectivity index (χ0) is 15.2. The van der Waals surface area contributed by atoms with Gasteiger partial charge in [0.15, 0.2) is 0 Å². The van der Waals surface area contributed by atoms with Gasteiger partial charge in [0.05, 0.1) is 7.11 Å². The summed E-state index contributed by atoms with van der Waals surface area (Å²) in [6, 6.07) is 13.1. The Morgan fingerprint density at radius 2 is 2.00 bits per heavy atom. The molecule has 0 radical (unpaired) electrons. The van der Waals surface area contributed by atoms with Gasteiger partial charge >= 0.3 is 0 Å². The van der Waals surface area contributed by atoms with Crippen LogP contribution in [0.5, 0.6) is 5.75 Å². The summed E-state index contributed by atoms with van der Waals surface area (Å²) in [6.07, 6.45) is 0. The highest BCUT2D eigenvalue weighted by molar-refractivity contribution is 7.99. The highest BCUT2D eigenvalue weighted by Crippen LogP contribution is 2.29. The Hall–Kier alpha value is -1.52. The van der Waals surface area contributed by atoms with Crippen LogP contribution in [0, 0.1) is 12.7 Å². The molecular weight excluding hydrogens is 285 g/mol. The molecule has 0 aliphatic carbocycles. The molecule has 0 amide bonds. The van der Waals surface area contributed by atoms with Gasteiger partial charge in [-0.2, -0.15) is 0 Å². The number of thioether (sulfide) groups is 1. The van der Waals surface area contributed by atoms with E-state index in [9.17, 15) is 4.39 Å². The lowest BCUT2D eigenvalue weighted by Gasteiger charge is -2.19. The molecule has 2 aromatic carbocycles. The maximum Gasteiger partial charge on any atom is 0.136 e. The van der Waals surface area contributed by atoms with Crippen molar-refractivity contribution in [2.75, 3.05) is 19.9 Å². The van der Waals surface area contributed by atoms with Crippen LogP contribution >= 0.6 is 11.8 Å². The lowest BCUT2D eigenvalue weighted by atomic mass is 10.0. The third-order valence-electron chi connectivity index (χ3n) is 3.44. The molecule has 2 nitrogen and oxygen atoms in total. The van der Waals surface area contributed by atoms with Gasteiger partial charge in [0, 0.05) is 16.7 Å². The first-order valence-electron chi connectivity index (χ1n) is 6.85. The summed E-state index contributed by atoms with van der Waals surface area (Å²) in [6.45, 7) is 2.07. The van der Waals surface area contributed by atoms with Crippen molar-refractivity contribution in [1.82, 2.24) is 5.32 Å². The summed E-state index contributed by atoms with van der Waals surface area (Å²) in [7, 11) is 3.59. The van der Waals surface area contributed by atoms with Crippen LogP contribution in [0.4, 0.5) is 4.39 Å². The second kappa shape index (κ2) is 7.48. The molecule has 0 aromatic heterocycles. The van der Waals surface area contributed by atoms with Crippen molar-refractivity contribution in [3.63, 3.8) is 0 Å².